The average molecular weight is 329 g/mol. The van der Waals surface area contributed by atoms with Crippen molar-refractivity contribution in [2.45, 2.75) is 0 Å². The predicted molar refractivity (Wildman–Crippen MR) is 87.0 cm³/mol. The van der Waals surface area contributed by atoms with E-state index >= 15 is 0 Å². The molecule has 0 aliphatic carbocycles. The summed E-state index contributed by atoms with van der Waals surface area (Å²) in [7, 11) is 0. The lowest BCUT2D eigenvalue weighted by Gasteiger charge is -2.03. The second-order valence-corrected chi connectivity index (χ2v) is 4.25. The second kappa shape index (κ2) is 9.42. The van der Waals surface area contributed by atoms with Crippen LogP contribution in [-0.4, -0.2) is 28.1 Å². The van der Waals surface area contributed by atoms with Crippen molar-refractivity contribution in [3.8, 4) is 0 Å². The van der Waals surface area contributed by atoms with Crippen molar-refractivity contribution >= 4 is 23.5 Å². The van der Waals surface area contributed by atoms with Gasteiger partial charge >= 0.3 is 11.9 Å². The van der Waals surface area contributed by atoms with Crippen LogP contribution in [0.2, 0.25) is 0 Å². The lowest BCUT2D eigenvalue weighted by molar-refractivity contribution is -0.131. The summed E-state index contributed by atoms with van der Waals surface area (Å²) in [4.78, 5) is 32.0. The zero-order valence-electron chi connectivity index (χ0n) is 12.5. The van der Waals surface area contributed by atoms with Crippen molar-refractivity contribution in [3.63, 3.8) is 0 Å². The molecule has 0 atom stereocenters. The van der Waals surface area contributed by atoms with E-state index in [1.54, 1.807) is 18.2 Å². The number of hydrogen-bond acceptors (Lipinski definition) is 4. The number of amides is 1. The summed E-state index contributed by atoms with van der Waals surface area (Å²) in [6.45, 7) is 3.28. The number of nitrogens with one attached hydrogen (secondary N) is 1. The van der Waals surface area contributed by atoms with Crippen LogP contribution < -0.4 is 5.32 Å². The number of anilines is 1. The third-order valence-electron chi connectivity index (χ3n) is 2.49. The zero-order valence-corrected chi connectivity index (χ0v) is 12.5. The molecule has 0 radical (unpaired) electrons. The van der Waals surface area contributed by atoms with Crippen molar-refractivity contribution in [1.29, 1.82) is 0 Å². The quantitative estimate of drug-likeness (QED) is 0.573. The molecule has 0 spiro atoms. The third-order valence-corrected chi connectivity index (χ3v) is 2.49. The van der Waals surface area contributed by atoms with Gasteiger partial charge in [-0.15, -0.1) is 0 Å². The Morgan fingerprint density at radius 1 is 1.12 bits per heavy atom. The van der Waals surface area contributed by atoms with Gasteiger partial charge in [-0.1, -0.05) is 24.8 Å². The molecule has 2 aromatic rings. The van der Waals surface area contributed by atoms with E-state index in [0.717, 1.165) is 6.08 Å². The summed E-state index contributed by atoms with van der Waals surface area (Å²) in [6, 6.07) is 9.11. The van der Waals surface area contributed by atoms with E-state index in [-0.39, 0.29) is 11.3 Å². The first-order valence-corrected chi connectivity index (χ1v) is 6.64. The summed E-state index contributed by atoms with van der Waals surface area (Å²) >= 11 is 0. The van der Waals surface area contributed by atoms with Crippen LogP contribution in [0.3, 0.4) is 0 Å². The molecular formula is C17H15NO6. The third kappa shape index (κ3) is 6.44. The number of benzene rings is 1. The molecular weight excluding hydrogens is 314 g/mol. The molecule has 24 heavy (non-hydrogen) atoms. The Balaban J connectivity index is 0.000000351. The fraction of sp³-hybridized carbons (Fsp3) is 0. The van der Waals surface area contributed by atoms with Gasteiger partial charge in [0.15, 0.2) is 5.76 Å². The van der Waals surface area contributed by atoms with Gasteiger partial charge in [0.1, 0.15) is 0 Å². The van der Waals surface area contributed by atoms with E-state index in [4.69, 9.17) is 14.6 Å². The van der Waals surface area contributed by atoms with Gasteiger partial charge in [0, 0.05) is 11.8 Å². The molecule has 2 rings (SSSR count). The van der Waals surface area contributed by atoms with E-state index in [9.17, 15) is 14.4 Å². The molecule has 0 unspecified atom stereocenters. The first-order valence-electron chi connectivity index (χ1n) is 6.64. The SMILES string of the molecule is C=CC=CC(=O)O.O=C(O)c1cccc(NC(=O)c2ccco2)c1. The highest BCUT2D eigenvalue weighted by atomic mass is 16.4. The summed E-state index contributed by atoms with van der Waals surface area (Å²) in [6.07, 6.45) is 5.19. The van der Waals surface area contributed by atoms with Crippen LogP contribution in [0.5, 0.6) is 0 Å². The lowest BCUT2D eigenvalue weighted by Crippen LogP contribution is -2.11. The van der Waals surface area contributed by atoms with Gasteiger partial charge in [0.2, 0.25) is 0 Å². The number of carboxylic acid groups (broad SMARTS) is 2. The Morgan fingerprint density at radius 2 is 1.88 bits per heavy atom. The van der Waals surface area contributed by atoms with Gasteiger partial charge in [-0.25, -0.2) is 9.59 Å². The van der Waals surface area contributed by atoms with Crippen LogP contribution in [0.4, 0.5) is 5.69 Å². The number of rotatable bonds is 5. The van der Waals surface area contributed by atoms with E-state index in [0.29, 0.717) is 5.69 Å². The predicted octanol–water partition coefficient (Wildman–Crippen LogP) is 3.04. The number of allylic oxidation sites excluding steroid dienone is 2. The summed E-state index contributed by atoms with van der Waals surface area (Å²) in [5.41, 5.74) is 0.522. The van der Waals surface area contributed by atoms with Gasteiger partial charge in [0.05, 0.1) is 11.8 Å². The molecule has 1 heterocycles. The first kappa shape index (κ1) is 18.4. The van der Waals surface area contributed by atoms with Gasteiger partial charge in [0.25, 0.3) is 5.91 Å². The Morgan fingerprint density at radius 3 is 2.38 bits per heavy atom. The first-order chi connectivity index (χ1) is 11.4. The summed E-state index contributed by atoms with van der Waals surface area (Å²) in [5.74, 6) is -2.23. The molecule has 0 bridgehead atoms. The minimum atomic E-state index is -1.04. The number of carbonyl (C=O) groups is 3. The zero-order chi connectivity index (χ0) is 17.9. The van der Waals surface area contributed by atoms with E-state index in [2.05, 4.69) is 11.9 Å². The smallest absolute Gasteiger partial charge is 0.335 e. The minimum Gasteiger partial charge on any atom is -0.478 e. The van der Waals surface area contributed by atoms with E-state index in [1.807, 2.05) is 0 Å². The molecule has 3 N–H and O–H groups in total. The van der Waals surface area contributed by atoms with Crippen molar-refractivity contribution in [2.24, 2.45) is 0 Å². The fourth-order valence-electron chi connectivity index (χ4n) is 1.48. The summed E-state index contributed by atoms with van der Waals surface area (Å²) < 4.78 is 4.92. The van der Waals surface area contributed by atoms with Crippen LogP contribution in [-0.2, 0) is 4.79 Å². The van der Waals surface area contributed by atoms with Crippen molar-refractivity contribution in [2.75, 3.05) is 5.32 Å². The van der Waals surface area contributed by atoms with Crippen LogP contribution in [0.15, 0.2) is 71.9 Å². The Hall–Kier alpha value is -3.61. The molecule has 1 aromatic carbocycles. The molecule has 0 aliphatic heterocycles. The highest BCUT2D eigenvalue weighted by molar-refractivity contribution is 6.02. The largest absolute Gasteiger partial charge is 0.478 e. The number of aromatic carboxylic acids is 1. The van der Waals surface area contributed by atoms with Crippen molar-refractivity contribution < 1.29 is 29.0 Å². The molecule has 1 amide bonds. The molecule has 0 saturated heterocycles. The monoisotopic (exact) mass is 329 g/mol. The number of furan rings is 1. The molecule has 0 saturated carbocycles. The Kier molecular flexibility index (Phi) is 7.23. The number of hydrogen-bond donors (Lipinski definition) is 3. The maximum absolute atomic E-state index is 11.6. The number of carboxylic acids is 2. The van der Waals surface area contributed by atoms with Crippen LogP contribution in [0, 0.1) is 0 Å². The number of aliphatic carboxylic acids is 1. The maximum atomic E-state index is 11.6. The van der Waals surface area contributed by atoms with E-state index in [1.165, 1.54) is 36.6 Å². The minimum absolute atomic E-state index is 0.113. The lowest BCUT2D eigenvalue weighted by atomic mass is 10.2. The maximum Gasteiger partial charge on any atom is 0.335 e. The molecule has 0 aliphatic rings. The fourth-order valence-corrected chi connectivity index (χ4v) is 1.48. The molecule has 124 valence electrons. The van der Waals surface area contributed by atoms with Gasteiger partial charge in [-0.05, 0) is 30.3 Å². The Bertz CT molecular complexity index is 746. The van der Waals surface area contributed by atoms with E-state index < -0.39 is 17.8 Å². The standard InChI is InChI=1S/C12H9NO4.C5H6O2/c14-11(10-5-2-6-17-10)13-9-4-1-3-8(7-9)12(15)16;1-2-3-4-5(6)7/h1-7H,(H,13,14)(H,15,16);2-4H,1H2,(H,6,7). The Labute approximate surface area is 137 Å². The highest BCUT2D eigenvalue weighted by Gasteiger charge is 2.09. The molecule has 0 fully saturated rings. The molecule has 1 aromatic heterocycles. The summed E-state index contributed by atoms with van der Waals surface area (Å²) in [5, 5.41) is 19.2. The van der Waals surface area contributed by atoms with Crippen LogP contribution in [0.1, 0.15) is 20.9 Å². The van der Waals surface area contributed by atoms with Crippen LogP contribution in [0.25, 0.3) is 0 Å². The highest BCUT2D eigenvalue weighted by Crippen LogP contribution is 2.12. The van der Waals surface area contributed by atoms with Gasteiger partial charge in [-0.3, -0.25) is 4.79 Å². The van der Waals surface area contributed by atoms with Crippen molar-refractivity contribution in [3.05, 3.63) is 78.8 Å². The molecule has 7 heteroatoms. The normalized spacial score (nSPS) is 9.67. The van der Waals surface area contributed by atoms with Crippen molar-refractivity contribution in [1.82, 2.24) is 0 Å². The van der Waals surface area contributed by atoms with Crippen LogP contribution >= 0.6 is 0 Å². The van der Waals surface area contributed by atoms with Gasteiger partial charge in [-0.2, -0.15) is 0 Å². The molecule has 7 nitrogen and oxygen atoms in total. The topological polar surface area (TPSA) is 117 Å². The average Bonchev–Trinajstić information content (AvgIpc) is 3.08. The number of carbonyl (C=O) groups excluding carboxylic acids is 1. The second-order valence-electron chi connectivity index (χ2n) is 4.25. The van der Waals surface area contributed by atoms with Gasteiger partial charge < -0.3 is 19.9 Å².